The standard InChI is InChI=1S/C14H20BrFN2O2S/c1-9-7-13(16)12(15)8-14(9)21(19,20)18-5-3-11(4-6-18)10(2)17/h7-8,10-11H,3-6,17H2,1-2H3. The summed E-state index contributed by atoms with van der Waals surface area (Å²) in [7, 11) is -3.59. The zero-order chi connectivity index (χ0) is 15.8. The Morgan fingerprint density at radius 2 is 1.95 bits per heavy atom. The summed E-state index contributed by atoms with van der Waals surface area (Å²) in [6, 6.07) is 2.67. The first-order valence-corrected chi connectivity index (χ1v) is 9.18. The van der Waals surface area contributed by atoms with E-state index in [4.69, 9.17) is 5.73 Å². The quantitative estimate of drug-likeness (QED) is 0.878. The molecule has 2 N–H and O–H groups in total. The fourth-order valence-electron chi connectivity index (χ4n) is 2.69. The van der Waals surface area contributed by atoms with Gasteiger partial charge >= 0.3 is 0 Å². The average Bonchev–Trinajstić information content (AvgIpc) is 2.42. The van der Waals surface area contributed by atoms with Gasteiger partial charge in [-0.3, -0.25) is 0 Å². The highest BCUT2D eigenvalue weighted by atomic mass is 79.9. The highest BCUT2D eigenvalue weighted by molar-refractivity contribution is 9.10. The van der Waals surface area contributed by atoms with Crippen LogP contribution in [0.2, 0.25) is 0 Å². The minimum atomic E-state index is -3.59. The molecule has 1 aromatic carbocycles. The largest absolute Gasteiger partial charge is 0.328 e. The molecule has 118 valence electrons. The van der Waals surface area contributed by atoms with Crippen molar-refractivity contribution in [2.75, 3.05) is 13.1 Å². The molecule has 0 radical (unpaired) electrons. The van der Waals surface area contributed by atoms with Crippen LogP contribution in [0.1, 0.15) is 25.3 Å². The number of hydrogen-bond acceptors (Lipinski definition) is 3. The van der Waals surface area contributed by atoms with Crippen molar-refractivity contribution in [3.63, 3.8) is 0 Å². The molecule has 1 atom stereocenters. The van der Waals surface area contributed by atoms with Crippen LogP contribution >= 0.6 is 15.9 Å². The van der Waals surface area contributed by atoms with Crippen LogP contribution < -0.4 is 5.73 Å². The lowest BCUT2D eigenvalue weighted by Crippen LogP contribution is -2.42. The number of nitrogens with two attached hydrogens (primary N) is 1. The Balaban J connectivity index is 2.26. The van der Waals surface area contributed by atoms with Gasteiger partial charge in [0.25, 0.3) is 0 Å². The summed E-state index contributed by atoms with van der Waals surface area (Å²) in [5.74, 6) is -0.0976. The second-order valence-corrected chi connectivity index (χ2v) is 8.39. The van der Waals surface area contributed by atoms with E-state index in [0.717, 1.165) is 12.8 Å². The number of piperidine rings is 1. The van der Waals surface area contributed by atoms with Gasteiger partial charge in [0, 0.05) is 19.1 Å². The smallest absolute Gasteiger partial charge is 0.243 e. The number of aryl methyl sites for hydroxylation is 1. The molecule has 21 heavy (non-hydrogen) atoms. The molecule has 0 aromatic heterocycles. The first kappa shape index (κ1) is 16.9. The highest BCUT2D eigenvalue weighted by Crippen LogP contribution is 2.29. The van der Waals surface area contributed by atoms with Crippen molar-refractivity contribution in [3.05, 3.63) is 28.0 Å². The third-order valence-corrected chi connectivity index (χ3v) is 6.73. The fraction of sp³-hybridized carbons (Fsp3) is 0.571. The van der Waals surface area contributed by atoms with E-state index in [9.17, 15) is 12.8 Å². The van der Waals surface area contributed by atoms with Gasteiger partial charge in [-0.05, 0) is 66.2 Å². The van der Waals surface area contributed by atoms with Crippen LogP contribution in [0.15, 0.2) is 21.5 Å². The lowest BCUT2D eigenvalue weighted by molar-refractivity contribution is 0.250. The molecule has 0 bridgehead atoms. The summed E-state index contributed by atoms with van der Waals surface area (Å²) in [5, 5.41) is 0. The van der Waals surface area contributed by atoms with Gasteiger partial charge in [-0.1, -0.05) is 0 Å². The Labute approximate surface area is 133 Å². The molecule has 1 heterocycles. The number of sulfonamides is 1. The van der Waals surface area contributed by atoms with Gasteiger partial charge in [-0.25, -0.2) is 12.8 Å². The van der Waals surface area contributed by atoms with Crippen molar-refractivity contribution >= 4 is 26.0 Å². The molecule has 0 amide bonds. The van der Waals surface area contributed by atoms with Crippen LogP contribution in [-0.4, -0.2) is 31.9 Å². The third kappa shape index (κ3) is 3.47. The van der Waals surface area contributed by atoms with E-state index in [2.05, 4.69) is 15.9 Å². The molecule has 1 unspecified atom stereocenters. The van der Waals surface area contributed by atoms with Gasteiger partial charge in [-0.2, -0.15) is 4.31 Å². The SMILES string of the molecule is Cc1cc(F)c(Br)cc1S(=O)(=O)N1CCC(C(C)N)CC1. The van der Waals surface area contributed by atoms with Crippen molar-refractivity contribution in [2.24, 2.45) is 11.7 Å². The second kappa shape index (κ2) is 6.32. The van der Waals surface area contributed by atoms with Crippen LogP contribution in [0.5, 0.6) is 0 Å². The zero-order valence-electron chi connectivity index (χ0n) is 12.1. The Morgan fingerprint density at radius 1 is 1.38 bits per heavy atom. The number of hydrogen-bond donors (Lipinski definition) is 1. The van der Waals surface area contributed by atoms with Crippen LogP contribution in [0.3, 0.4) is 0 Å². The Kier molecular flexibility index (Phi) is 5.07. The zero-order valence-corrected chi connectivity index (χ0v) is 14.5. The summed E-state index contributed by atoms with van der Waals surface area (Å²) in [4.78, 5) is 0.162. The molecule has 4 nitrogen and oxygen atoms in total. The maximum Gasteiger partial charge on any atom is 0.243 e. The summed E-state index contributed by atoms with van der Waals surface area (Å²) < 4.78 is 40.5. The summed E-state index contributed by atoms with van der Waals surface area (Å²) in [5.41, 5.74) is 6.30. The maximum atomic E-state index is 13.5. The molecule has 1 saturated heterocycles. The molecular formula is C14H20BrFN2O2S. The molecule has 1 aliphatic heterocycles. The van der Waals surface area contributed by atoms with Gasteiger partial charge in [0.2, 0.25) is 10.0 Å². The van der Waals surface area contributed by atoms with Crippen LogP contribution in [-0.2, 0) is 10.0 Å². The summed E-state index contributed by atoms with van der Waals surface area (Å²) in [6.07, 6.45) is 1.52. The number of rotatable bonds is 3. The van der Waals surface area contributed by atoms with Crippen molar-refractivity contribution in [2.45, 2.75) is 37.6 Å². The summed E-state index contributed by atoms with van der Waals surface area (Å²) in [6.45, 7) is 4.49. The molecule has 1 fully saturated rings. The molecule has 0 saturated carbocycles. The van der Waals surface area contributed by atoms with E-state index in [-0.39, 0.29) is 15.4 Å². The average molecular weight is 379 g/mol. The van der Waals surface area contributed by atoms with E-state index in [1.807, 2.05) is 6.92 Å². The van der Waals surface area contributed by atoms with Crippen molar-refractivity contribution in [1.82, 2.24) is 4.31 Å². The van der Waals surface area contributed by atoms with Crippen molar-refractivity contribution in [1.29, 1.82) is 0 Å². The highest BCUT2D eigenvalue weighted by Gasteiger charge is 2.31. The van der Waals surface area contributed by atoms with Gasteiger partial charge in [0.15, 0.2) is 0 Å². The summed E-state index contributed by atoms with van der Waals surface area (Å²) >= 11 is 3.05. The second-order valence-electron chi connectivity index (χ2n) is 5.63. The normalized spacial score (nSPS) is 19.7. The minimum Gasteiger partial charge on any atom is -0.328 e. The van der Waals surface area contributed by atoms with E-state index >= 15 is 0 Å². The van der Waals surface area contributed by atoms with E-state index in [1.165, 1.54) is 16.4 Å². The first-order valence-electron chi connectivity index (χ1n) is 6.95. The monoisotopic (exact) mass is 378 g/mol. The van der Waals surface area contributed by atoms with E-state index in [0.29, 0.717) is 24.6 Å². The van der Waals surface area contributed by atoms with Gasteiger partial charge in [-0.15, -0.1) is 0 Å². The fourth-order valence-corrected chi connectivity index (χ4v) is 4.88. The number of benzene rings is 1. The predicted octanol–water partition coefficient (Wildman–Crippen LogP) is 2.64. The first-order chi connectivity index (χ1) is 9.73. The Hall–Kier alpha value is -0.500. The molecule has 0 spiro atoms. The molecule has 0 aliphatic carbocycles. The topological polar surface area (TPSA) is 63.4 Å². The lowest BCUT2D eigenvalue weighted by Gasteiger charge is -2.33. The Bertz CT molecular complexity index is 626. The molecule has 2 rings (SSSR count). The van der Waals surface area contributed by atoms with Crippen LogP contribution in [0.25, 0.3) is 0 Å². The molecule has 1 aliphatic rings. The molecule has 7 heteroatoms. The van der Waals surface area contributed by atoms with E-state index < -0.39 is 15.8 Å². The molecular weight excluding hydrogens is 359 g/mol. The van der Waals surface area contributed by atoms with Gasteiger partial charge < -0.3 is 5.73 Å². The van der Waals surface area contributed by atoms with Crippen LogP contribution in [0.4, 0.5) is 4.39 Å². The van der Waals surface area contributed by atoms with Gasteiger partial charge in [0.1, 0.15) is 5.82 Å². The molecule has 1 aromatic rings. The predicted molar refractivity (Wildman–Crippen MR) is 84.0 cm³/mol. The minimum absolute atomic E-state index is 0.0801. The maximum absolute atomic E-state index is 13.5. The number of halogens is 2. The van der Waals surface area contributed by atoms with E-state index in [1.54, 1.807) is 6.92 Å². The lowest BCUT2D eigenvalue weighted by atomic mass is 9.92. The van der Waals surface area contributed by atoms with Crippen LogP contribution in [0, 0.1) is 18.7 Å². The number of nitrogens with zero attached hydrogens (tertiary/aromatic N) is 1. The third-order valence-electron chi connectivity index (χ3n) is 4.08. The van der Waals surface area contributed by atoms with Crippen molar-refractivity contribution in [3.8, 4) is 0 Å². The van der Waals surface area contributed by atoms with Gasteiger partial charge in [0.05, 0.1) is 9.37 Å². The van der Waals surface area contributed by atoms with Crippen molar-refractivity contribution < 1.29 is 12.8 Å². The Morgan fingerprint density at radius 3 is 2.48 bits per heavy atom.